The summed E-state index contributed by atoms with van der Waals surface area (Å²) in [6.45, 7) is 7.10. The first-order valence-electron chi connectivity index (χ1n) is 7.91. The summed E-state index contributed by atoms with van der Waals surface area (Å²) in [6.07, 6.45) is 0. The van der Waals surface area contributed by atoms with E-state index in [9.17, 15) is 9.59 Å². The fraction of sp³-hybridized carbons (Fsp3) is 0.211. The van der Waals surface area contributed by atoms with E-state index in [4.69, 9.17) is 0 Å². The number of carbonyl (C=O) groups excluding carboxylic acids is 2. The molecule has 0 saturated heterocycles. The van der Waals surface area contributed by atoms with Gasteiger partial charge in [-0.25, -0.2) is 4.98 Å². The van der Waals surface area contributed by atoms with Crippen molar-refractivity contribution in [3.05, 3.63) is 57.7 Å². The van der Waals surface area contributed by atoms with E-state index in [1.54, 1.807) is 13.8 Å². The second-order valence-electron chi connectivity index (χ2n) is 6.04. The zero-order chi connectivity index (χ0) is 18.1. The quantitative estimate of drug-likeness (QED) is 0.677. The topological polar surface area (TPSA) is 74.8 Å². The predicted octanol–water partition coefficient (Wildman–Crippen LogP) is 4.52. The van der Waals surface area contributed by atoms with Crippen LogP contribution in [0.25, 0.3) is 11.3 Å². The lowest BCUT2D eigenvalue weighted by Gasteiger charge is -2.01. The summed E-state index contributed by atoms with van der Waals surface area (Å²) < 4.78 is 0. The molecule has 6 heteroatoms. The molecule has 2 aromatic heterocycles. The highest BCUT2D eigenvalue weighted by Crippen LogP contribution is 2.26. The summed E-state index contributed by atoms with van der Waals surface area (Å²) in [5.41, 5.74) is 5.36. The zero-order valence-corrected chi connectivity index (χ0v) is 15.4. The summed E-state index contributed by atoms with van der Waals surface area (Å²) in [6, 6.07) is 8.07. The van der Waals surface area contributed by atoms with Gasteiger partial charge < -0.3 is 4.98 Å². The Labute approximate surface area is 150 Å². The Bertz CT molecular complexity index is 952. The molecule has 128 valence electrons. The number of aromatic nitrogens is 2. The van der Waals surface area contributed by atoms with Crippen molar-refractivity contribution in [3.63, 3.8) is 0 Å². The molecule has 0 aliphatic heterocycles. The molecule has 0 aliphatic carbocycles. The molecule has 3 aromatic rings. The van der Waals surface area contributed by atoms with Crippen LogP contribution in [0.4, 0.5) is 5.13 Å². The second-order valence-corrected chi connectivity index (χ2v) is 6.90. The minimum absolute atomic E-state index is 0.0544. The number of aromatic amines is 1. The molecule has 0 unspecified atom stereocenters. The molecule has 2 heterocycles. The fourth-order valence-electron chi connectivity index (χ4n) is 2.85. The van der Waals surface area contributed by atoms with E-state index in [2.05, 4.69) is 15.3 Å². The number of thiazole rings is 1. The van der Waals surface area contributed by atoms with Crippen LogP contribution >= 0.6 is 11.3 Å². The van der Waals surface area contributed by atoms with Gasteiger partial charge in [-0.05, 0) is 33.3 Å². The van der Waals surface area contributed by atoms with Gasteiger partial charge in [-0.15, -0.1) is 11.3 Å². The third-order valence-corrected chi connectivity index (χ3v) is 4.85. The van der Waals surface area contributed by atoms with Crippen LogP contribution in [0.1, 0.15) is 44.6 Å². The van der Waals surface area contributed by atoms with Crippen molar-refractivity contribution in [3.8, 4) is 11.3 Å². The average Bonchev–Trinajstić information content (AvgIpc) is 3.12. The monoisotopic (exact) mass is 353 g/mol. The van der Waals surface area contributed by atoms with Crippen molar-refractivity contribution in [1.82, 2.24) is 9.97 Å². The largest absolute Gasteiger partial charge is 0.354 e. The number of rotatable bonds is 4. The lowest BCUT2D eigenvalue weighted by molar-refractivity contribution is 0.101. The first kappa shape index (κ1) is 17.1. The van der Waals surface area contributed by atoms with Crippen molar-refractivity contribution >= 4 is 28.2 Å². The highest BCUT2D eigenvalue weighted by Gasteiger charge is 2.20. The molecule has 0 saturated carbocycles. The SMILES string of the molecule is CC(=O)c1c(C)[nH]c(C(=O)Nc2nc(-c3ccc(C)cc3)cs2)c1C. The van der Waals surface area contributed by atoms with Crippen LogP contribution in [0, 0.1) is 20.8 Å². The standard InChI is InChI=1S/C19H19N3O2S/c1-10-5-7-14(8-6-10)15-9-25-19(21-15)22-18(24)17-11(2)16(13(4)23)12(3)20-17/h5-9,20H,1-4H3,(H,21,22,24). The minimum atomic E-state index is -0.294. The maximum Gasteiger partial charge on any atom is 0.274 e. The Morgan fingerprint density at radius 2 is 1.80 bits per heavy atom. The fourth-order valence-corrected chi connectivity index (χ4v) is 3.57. The van der Waals surface area contributed by atoms with E-state index in [-0.39, 0.29) is 11.7 Å². The smallest absolute Gasteiger partial charge is 0.274 e. The average molecular weight is 353 g/mol. The van der Waals surface area contributed by atoms with Crippen LogP contribution in [0.15, 0.2) is 29.6 Å². The molecule has 0 bridgehead atoms. The molecule has 1 aromatic carbocycles. The van der Waals surface area contributed by atoms with Gasteiger partial charge in [-0.1, -0.05) is 29.8 Å². The molecule has 0 aliphatic rings. The van der Waals surface area contributed by atoms with Gasteiger partial charge in [-0.2, -0.15) is 0 Å². The van der Waals surface area contributed by atoms with E-state index in [1.165, 1.54) is 23.8 Å². The number of nitrogens with zero attached hydrogens (tertiary/aromatic N) is 1. The molecule has 2 N–H and O–H groups in total. The third-order valence-electron chi connectivity index (χ3n) is 4.09. The number of hydrogen-bond acceptors (Lipinski definition) is 4. The Hall–Kier alpha value is -2.73. The zero-order valence-electron chi connectivity index (χ0n) is 14.6. The van der Waals surface area contributed by atoms with Crippen LogP contribution in [0.5, 0.6) is 0 Å². The van der Waals surface area contributed by atoms with Gasteiger partial charge >= 0.3 is 0 Å². The Balaban J connectivity index is 1.82. The molecular formula is C19H19N3O2S. The molecular weight excluding hydrogens is 334 g/mol. The van der Waals surface area contributed by atoms with Gasteiger partial charge in [0.25, 0.3) is 5.91 Å². The van der Waals surface area contributed by atoms with E-state index in [1.807, 2.05) is 36.6 Å². The van der Waals surface area contributed by atoms with Gasteiger partial charge in [0.15, 0.2) is 10.9 Å². The summed E-state index contributed by atoms with van der Waals surface area (Å²) >= 11 is 1.37. The second kappa shape index (κ2) is 6.64. The maximum absolute atomic E-state index is 12.5. The third kappa shape index (κ3) is 3.39. The van der Waals surface area contributed by atoms with Gasteiger partial charge in [0.1, 0.15) is 5.69 Å². The van der Waals surface area contributed by atoms with E-state index in [0.717, 1.165) is 11.3 Å². The van der Waals surface area contributed by atoms with Crippen LogP contribution in [-0.2, 0) is 0 Å². The highest BCUT2D eigenvalue weighted by molar-refractivity contribution is 7.14. The number of aryl methyl sites for hydroxylation is 2. The maximum atomic E-state index is 12.5. The highest BCUT2D eigenvalue weighted by atomic mass is 32.1. The van der Waals surface area contributed by atoms with E-state index in [0.29, 0.717) is 27.6 Å². The predicted molar refractivity (Wildman–Crippen MR) is 101 cm³/mol. The summed E-state index contributed by atoms with van der Waals surface area (Å²) in [5, 5.41) is 5.24. The molecule has 0 spiro atoms. The van der Waals surface area contributed by atoms with Gasteiger partial charge in [0, 0.05) is 22.2 Å². The summed E-state index contributed by atoms with van der Waals surface area (Å²) in [5.74, 6) is -0.348. The summed E-state index contributed by atoms with van der Waals surface area (Å²) in [7, 11) is 0. The number of anilines is 1. The van der Waals surface area contributed by atoms with Crippen molar-refractivity contribution in [1.29, 1.82) is 0 Å². The van der Waals surface area contributed by atoms with Crippen LogP contribution in [-0.4, -0.2) is 21.7 Å². The van der Waals surface area contributed by atoms with Crippen molar-refractivity contribution in [2.24, 2.45) is 0 Å². The van der Waals surface area contributed by atoms with Crippen LogP contribution in [0.2, 0.25) is 0 Å². The molecule has 25 heavy (non-hydrogen) atoms. The molecule has 1 amide bonds. The van der Waals surface area contributed by atoms with Crippen LogP contribution < -0.4 is 5.32 Å². The Morgan fingerprint density at radius 3 is 2.40 bits per heavy atom. The molecule has 0 fully saturated rings. The number of Topliss-reactive ketones (excluding diaryl/α,β-unsaturated/α-hetero) is 1. The number of benzene rings is 1. The van der Waals surface area contributed by atoms with E-state index < -0.39 is 0 Å². The number of ketones is 1. The van der Waals surface area contributed by atoms with Gasteiger partial charge in [0.2, 0.25) is 0 Å². The minimum Gasteiger partial charge on any atom is -0.354 e. The molecule has 5 nitrogen and oxygen atoms in total. The van der Waals surface area contributed by atoms with E-state index >= 15 is 0 Å². The Morgan fingerprint density at radius 1 is 1.12 bits per heavy atom. The lowest BCUT2D eigenvalue weighted by Crippen LogP contribution is -2.13. The number of nitrogens with one attached hydrogen (secondary N) is 2. The first-order chi connectivity index (χ1) is 11.9. The molecule has 0 radical (unpaired) electrons. The normalized spacial score (nSPS) is 10.7. The number of carbonyl (C=O) groups is 2. The lowest BCUT2D eigenvalue weighted by atomic mass is 10.1. The molecule has 3 rings (SSSR count). The van der Waals surface area contributed by atoms with Crippen molar-refractivity contribution in [2.45, 2.75) is 27.7 Å². The van der Waals surface area contributed by atoms with Crippen molar-refractivity contribution in [2.75, 3.05) is 5.32 Å². The van der Waals surface area contributed by atoms with Gasteiger partial charge in [0.05, 0.1) is 5.69 Å². The number of hydrogen-bond donors (Lipinski definition) is 2. The Kier molecular flexibility index (Phi) is 4.55. The molecule has 0 atom stereocenters. The van der Waals surface area contributed by atoms with Crippen LogP contribution in [0.3, 0.4) is 0 Å². The number of H-pyrrole nitrogens is 1. The van der Waals surface area contributed by atoms with Gasteiger partial charge in [-0.3, -0.25) is 14.9 Å². The van der Waals surface area contributed by atoms with Crippen molar-refractivity contribution < 1.29 is 9.59 Å². The number of amides is 1. The first-order valence-corrected chi connectivity index (χ1v) is 8.78. The summed E-state index contributed by atoms with van der Waals surface area (Å²) in [4.78, 5) is 31.7.